The van der Waals surface area contributed by atoms with Crippen molar-refractivity contribution in [3.63, 3.8) is 0 Å². The zero-order chi connectivity index (χ0) is 14.6. The third-order valence-electron chi connectivity index (χ3n) is 3.18. The highest BCUT2D eigenvalue weighted by Crippen LogP contribution is 2.32. The van der Waals surface area contributed by atoms with Crippen molar-refractivity contribution in [2.24, 2.45) is 5.92 Å². The Kier molecular flexibility index (Phi) is 4.77. The molecule has 0 bridgehead atoms. The zero-order valence-electron chi connectivity index (χ0n) is 11.3. The normalized spacial score (nSPS) is 22.1. The van der Waals surface area contributed by atoms with Gasteiger partial charge in [0.25, 0.3) is 10.1 Å². The van der Waals surface area contributed by atoms with Crippen LogP contribution in [-0.4, -0.2) is 27.1 Å². The van der Waals surface area contributed by atoms with Crippen LogP contribution >= 0.6 is 0 Å². The molecule has 0 spiro atoms. The summed E-state index contributed by atoms with van der Waals surface area (Å²) in [4.78, 5) is 11.4. The van der Waals surface area contributed by atoms with Gasteiger partial charge in [0.05, 0.1) is 18.6 Å². The van der Waals surface area contributed by atoms with Gasteiger partial charge in [-0.3, -0.25) is 8.98 Å². The van der Waals surface area contributed by atoms with Gasteiger partial charge in [0.15, 0.2) is 0 Å². The van der Waals surface area contributed by atoms with Crippen molar-refractivity contribution in [2.75, 3.05) is 6.61 Å². The first-order chi connectivity index (χ1) is 9.50. The molecule has 1 fully saturated rings. The van der Waals surface area contributed by atoms with Crippen LogP contribution in [0.3, 0.4) is 0 Å². The lowest BCUT2D eigenvalue weighted by atomic mass is 9.83. The molecule has 0 N–H and O–H groups in total. The number of hydrogen-bond donors (Lipinski definition) is 0. The molecule has 1 aromatic carbocycles. The summed E-state index contributed by atoms with van der Waals surface area (Å²) in [7, 11) is -3.61. The molecular weight excluding hydrogens is 280 g/mol. The third-order valence-corrected chi connectivity index (χ3v) is 4.44. The number of carbonyl (C=O) groups is 1. The molecule has 1 saturated carbocycles. The van der Waals surface area contributed by atoms with Crippen molar-refractivity contribution >= 4 is 16.1 Å². The second kappa shape index (κ2) is 6.37. The lowest BCUT2D eigenvalue weighted by Gasteiger charge is -2.32. The van der Waals surface area contributed by atoms with Crippen molar-refractivity contribution in [1.29, 1.82) is 0 Å². The Morgan fingerprint density at radius 3 is 2.50 bits per heavy atom. The van der Waals surface area contributed by atoms with Crippen LogP contribution in [0.4, 0.5) is 0 Å². The molecule has 0 heterocycles. The van der Waals surface area contributed by atoms with Crippen LogP contribution < -0.4 is 0 Å². The van der Waals surface area contributed by atoms with Crippen LogP contribution in [0.1, 0.15) is 25.3 Å². The van der Waals surface area contributed by atoms with Crippen molar-refractivity contribution < 1.29 is 22.1 Å². The molecule has 0 amide bonds. The van der Waals surface area contributed by atoms with E-state index in [4.69, 9.17) is 8.92 Å². The molecule has 1 aliphatic carbocycles. The van der Waals surface area contributed by atoms with E-state index in [0.29, 0.717) is 25.0 Å². The monoisotopic (exact) mass is 298 g/mol. The standard InChI is InChI=1S/C14H18O5S/c1-2-18-14(15)12-8-13(9-12)19-20(16,17)10-11-6-4-3-5-7-11/h3-7,12-13H,2,8-10H2,1H3. The molecule has 0 aliphatic heterocycles. The lowest BCUT2D eigenvalue weighted by molar-refractivity contribution is -0.154. The van der Waals surface area contributed by atoms with Crippen LogP contribution in [-0.2, 0) is 29.6 Å². The van der Waals surface area contributed by atoms with Gasteiger partial charge in [0, 0.05) is 0 Å². The molecule has 110 valence electrons. The first-order valence-electron chi connectivity index (χ1n) is 6.61. The van der Waals surface area contributed by atoms with Gasteiger partial charge in [-0.05, 0) is 25.3 Å². The summed E-state index contributed by atoms with van der Waals surface area (Å²) in [5, 5.41) is 0. The fourth-order valence-corrected chi connectivity index (χ4v) is 3.36. The maximum Gasteiger partial charge on any atom is 0.309 e. The summed E-state index contributed by atoms with van der Waals surface area (Å²) in [6.07, 6.45) is 0.415. The van der Waals surface area contributed by atoms with Crippen LogP contribution in [0.15, 0.2) is 30.3 Å². The Balaban J connectivity index is 1.81. The summed E-state index contributed by atoms with van der Waals surface area (Å²) in [6.45, 7) is 2.09. The fourth-order valence-electron chi connectivity index (χ4n) is 2.12. The van der Waals surface area contributed by atoms with Crippen molar-refractivity contribution in [1.82, 2.24) is 0 Å². The smallest absolute Gasteiger partial charge is 0.309 e. The Bertz CT molecular complexity index is 546. The van der Waals surface area contributed by atoms with Crippen LogP contribution in [0.2, 0.25) is 0 Å². The van der Waals surface area contributed by atoms with Gasteiger partial charge in [-0.25, -0.2) is 0 Å². The first kappa shape index (κ1) is 15.0. The second-order valence-corrected chi connectivity index (χ2v) is 6.42. The molecule has 1 aromatic rings. The molecule has 1 aliphatic rings. The number of rotatable bonds is 6. The fraction of sp³-hybridized carbons (Fsp3) is 0.500. The summed E-state index contributed by atoms with van der Waals surface area (Å²) < 4.78 is 33.7. The van der Waals surface area contributed by atoms with Gasteiger partial charge >= 0.3 is 5.97 Å². The summed E-state index contributed by atoms with van der Waals surface area (Å²) in [5.41, 5.74) is 0.689. The summed E-state index contributed by atoms with van der Waals surface area (Å²) in [6, 6.07) is 8.87. The number of hydrogen-bond acceptors (Lipinski definition) is 5. The lowest BCUT2D eigenvalue weighted by Crippen LogP contribution is -2.38. The van der Waals surface area contributed by atoms with Gasteiger partial charge in [0.1, 0.15) is 5.75 Å². The molecule has 0 saturated heterocycles. The topological polar surface area (TPSA) is 69.7 Å². The van der Waals surface area contributed by atoms with E-state index < -0.39 is 16.2 Å². The Morgan fingerprint density at radius 1 is 1.25 bits per heavy atom. The molecular formula is C14H18O5S. The predicted molar refractivity (Wildman–Crippen MR) is 73.3 cm³/mol. The first-order valence-corrected chi connectivity index (χ1v) is 8.19. The minimum Gasteiger partial charge on any atom is -0.466 e. The Morgan fingerprint density at radius 2 is 1.90 bits per heavy atom. The molecule has 20 heavy (non-hydrogen) atoms. The van der Waals surface area contributed by atoms with E-state index in [9.17, 15) is 13.2 Å². The number of ether oxygens (including phenoxy) is 1. The van der Waals surface area contributed by atoms with Crippen molar-refractivity contribution in [2.45, 2.75) is 31.6 Å². The summed E-state index contributed by atoms with van der Waals surface area (Å²) in [5.74, 6) is -0.645. The zero-order valence-corrected chi connectivity index (χ0v) is 12.1. The van der Waals surface area contributed by atoms with Gasteiger partial charge < -0.3 is 4.74 Å². The van der Waals surface area contributed by atoms with E-state index in [1.807, 2.05) is 6.07 Å². The van der Waals surface area contributed by atoms with Crippen molar-refractivity contribution in [3.05, 3.63) is 35.9 Å². The third kappa shape index (κ3) is 4.05. The maximum absolute atomic E-state index is 11.9. The summed E-state index contributed by atoms with van der Waals surface area (Å²) >= 11 is 0. The molecule has 0 atom stereocenters. The molecule has 2 rings (SSSR count). The van der Waals surface area contributed by atoms with E-state index in [-0.39, 0.29) is 17.6 Å². The number of carbonyl (C=O) groups excluding carboxylic acids is 1. The largest absolute Gasteiger partial charge is 0.466 e. The number of benzene rings is 1. The highest BCUT2D eigenvalue weighted by molar-refractivity contribution is 7.85. The van der Waals surface area contributed by atoms with Gasteiger partial charge in [-0.1, -0.05) is 30.3 Å². The molecule has 0 unspecified atom stereocenters. The van der Waals surface area contributed by atoms with E-state index in [1.165, 1.54) is 0 Å². The predicted octanol–water partition coefficient (Wildman–Crippen LogP) is 1.87. The van der Waals surface area contributed by atoms with Crippen molar-refractivity contribution in [3.8, 4) is 0 Å². The second-order valence-electron chi connectivity index (χ2n) is 4.83. The van der Waals surface area contributed by atoms with Gasteiger partial charge in [0.2, 0.25) is 0 Å². The van der Waals surface area contributed by atoms with E-state index in [2.05, 4.69) is 0 Å². The van der Waals surface area contributed by atoms with Gasteiger partial charge in [-0.2, -0.15) is 8.42 Å². The average molecular weight is 298 g/mol. The molecule has 0 radical (unpaired) electrons. The average Bonchev–Trinajstić information content (AvgIpc) is 2.34. The van der Waals surface area contributed by atoms with E-state index in [0.717, 1.165) is 0 Å². The highest BCUT2D eigenvalue weighted by atomic mass is 32.2. The maximum atomic E-state index is 11.9. The quantitative estimate of drug-likeness (QED) is 0.592. The molecule has 6 heteroatoms. The Labute approximate surface area is 119 Å². The van der Waals surface area contributed by atoms with Crippen LogP contribution in [0.5, 0.6) is 0 Å². The number of esters is 1. The van der Waals surface area contributed by atoms with Gasteiger partial charge in [-0.15, -0.1) is 0 Å². The minimum absolute atomic E-state index is 0.144. The highest BCUT2D eigenvalue weighted by Gasteiger charge is 2.38. The van der Waals surface area contributed by atoms with Crippen LogP contribution in [0, 0.1) is 5.92 Å². The molecule has 5 nitrogen and oxygen atoms in total. The minimum atomic E-state index is -3.61. The van der Waals surface area contributed by atoms with Crippen LogP contribution in [0.25, 0.3) is 0 Å². The Hall–Kier alpha value is -1.40. The molecule has 0 aromatic heterocycles. The van der Waals surface area contributed by atoms with E-state index in [1.54, 1.807) is 31.2 Å². The van der Waals surface area contributed by atoms with E-state index >= 15 is 0 Å². The SMILES string of the molecule is CCOC(=O)C1CC(OS(=O)(=O)Cc2ccccc2)C1.